The minimum atomic E-state index is 0.167. The Bertz CT molecular complexity index is 348. The van der Waals surface area contributed by atoms with Gasteiger partial charge in [0.2, 0.25) is 0 Å². The molecule has 1 aromatic heterocycles. The van der Waals surface area contributed by atoms with Gasteiger partial charge in [0.1, 0.15) is 10.5 Å². The van der Waals surface area contributed by atoms with Gasteiger partial charge in [-0.3, -0.25) is 0 Å². The molecular weight excluding hydrogens is 196 g/mol. The number of nitrogens with one attached hydrogen (secondary N) is 1. The minimum Gasteiger partial charge on any atom is -0.381 e. The molecule has 0 saturated carbocycles. The first-order valence-electron chi connectivity index (χ1n) is 4.77. The number of aromatic nitrogens is 2. The lowest BCUT2D eigenvalue weighted by atomic mass is 10.2. The molecule has 3 nitrogen and oxygen atoms in total. The van der Waals surface area contributed by atoms with Crippen molar-refractivity contribution in [3.05, 3.63) is 22.2 Å². The van der Waals surface area contributed by atoms with Crippen molar-refractivity contribution in [3.63, 3.8) is 0 Å². The van der Waals surface area contributed by atoms with Gasteiger partial charge in [-0.15, -0.1) is 0 Å². The molecule has 14 heavy (non-hydrogen) atoms. The van der Waals surface area contributed by atoms with Gasteiger partial charge in [0, 0.05) is 19.2 Å². The number of H-pyrrole nitrogens is 1. The third-order valence-corrected chi connectivity index (χ3v) is 2.32. The Hall–Kier alpha value is -0.740. The molecule has 0 aliphatic heterocycles. The maximum absolute atomic E-state index is 5.17. The van der Waals surface area contributed by atoms with Gasteiger partial charge in [0.15, 0.2) is 0 Å². The molecule has 0 bridgehead atoms. The maximum atomic E-state index is 5.17. The quantitative estimate of drug-likeness (QED) is 0.778. The van der Waals surface area contributed by atoms with E-state index in [-0.39, 0.29) is 6.10 Å². The molecule has 0 radical (unpaired) electrons. The predicted octanol–water partition coefficient (Wildman–Crippen LogP) is 2.28. The van der Waals surface area contributed by atoms with Gasteiger partial charge in [-0.1, -0.05) is 19.1 Å². The third kappa shape index (κ3) is 3.20. The second-order valence-electron chi connectivity index (χ2n) is 3.30. The van der Waals surface area contributed by atoms with Crippen molar-refractivity contribution in [1.82, 2.24) is 9.97 Å². The summed E-state index contributed by atoms with van der Waals surface area (Å²) in [7, 11) is 1.70. The average molecular weight is 212 g/mol. The van der Waals surface area contributed by atoms with Crippen molar-refractivity contribution < 1.29 is 4.74 Å². The van der Waals surface area contributed by atoms with E-state index in [2.05, 4.69) is 16.9 Å². The van der Waals surface area contributed by atoms with Crippen LogP contribution >= 0.6 is 12.2 Å². The summed E-state index contributed by atoms with van der Waals surface area (Å²) >= 11 is 5.07. The molecule has 1 unspecified atom stereocenters. The van der Waals surface area contributed by atoms with E-state index in [1.54, 1.807) is 7.11 Å². The third-order valence-electron chi connectivity index (χ3n) is 2.11. The smallest absolute Gasteiger partial charge is 0.129 e. The van der Waals surface area contributed by atoms with Gasteiger partial charge in [0.05, 0.1) is 6.10 Å². The van der Waals surface area contributed by atoms with Crippen LogP contribution in [0.15, 0.2) is 6.07 Å². The summed E-state index contributed by atoms with van der Waals surface area (Å²) < 4.78 is 5.83. The molecule has 0 spiro atoms. The Kier molecular flexibility index (Phi) is 4.22. The summed E-state index contributed by atoms with van der Waals surface area (Å²) in [6.07, 6.45) is 1.88. The number of hydrogen-bond donors (Lipinski definition) is 1. The minimum absolute atomic E-state index is 0.167. The van der Waals surface area contributed by atoms with E-state index >= 15 is 0 Å². The van der Waals surface area contributed by atoms with E-state index in [0.717, 1.165) is 24.4 Å². The van der Waals surface area contributed by atoms with E-state index in [9.17, 15) is 0 Å². The first-order valence-corrected chi connectivity index (χ1v) is 5.18. The van der Waals surface area contributed by atoms with Crippen LogP contribution < -0.4 is 0 Å². The van der Waals surface area contributed by atoms with E-state index in [4.69, 9.17) is 17.0 Å². The highest BCUT2D eigenvalue weighted by atomic mass is 32.1. The van der Waals surface area contributed by atoms with Gasteiger partial charge in [0.25, 0.3) is 0 Å². The topological polar surface area (TPSA) is 37.9 Å². The fourth-order valence-electron chi connectivity index (χ4n) is 1.21. The van der Waals surface area contributed by atoms with Crippen LogP contribution in [0, 0.1) is 4.64 Å². The lowest BCUT2D eigenvalue weighted by Crippen LogP contribution is -2.12. The summed E-state index contributed by atoms with van der Waals surface area (Å²) in [5.41, 5.74) is 1.13. The lowest BCUT2D eigenvalue weighted by molar-refractivity contribution is 0.117. The number of rotatable bonds is 4. The average Bonchev–Trinajstić information content (AvgIpc) is 2.16. The molecule has 0 amide bonds. The van der Waals surface area contributed by atoms with Crippen LogP contribution in [-0.4, -0.2) is 23.2 Å². The van der Waals surface area contributed by atoms with Gasteiger partial charge in [-0.05, 0) is 19.4 Å². The number of hydrogen-bond acceptors (Lipinski definition) is 3. The number of ether oxygens (including phenoxy) is 1. The molecule has 1 aromatic rings. The van der Waals surface area contributed by atoms with E-state index in [1.807, 2.05) is 13.0 Å². The predicted molar refractivity (Wildman–Crippen MR) is 59.0 cm³/mol. The second kappa shape index (κ2) is 5.22. The SMILES string of the molecule is CCc1cc(=S)nc(CC(C)OC)[nH]1. The molecule has 0 aliphatic carbocycles. The van der Waals surface area contributed by atoms with Crippen molar-refractivity contribution in [1.29, 1.82) is 0 Å². The molecule has 0 aliphatic rings. The lowest BCUT2D eigenvalue weighted by Gasteiger charge is -2.09. The van der Waals surface area contributed by atoms with E-state index < -0.39 is 0 Å². The molecule has 4 heteroatoms. The molecule has 1 rings (SSSR count). The zero-order chi connectivity index (χ0) is 10.6. The van der Waals surface area contributed by atoms with Crippen LogP contribution in [0.3, 0.4) is 0 Å². The Morgan fingerprint density at radius 1 is 1.64 bits per heavy atom. The Morgan fingerprint density at radius 3 is 2.93 bits per heavy atom. The van der Waals surface area contributed by atoms with Crippen LogP contribution in [0.1, 0.15) is 25.4 Å². The number of aromatic amines is 1. The van der Waals surface area contributed by atoms with Crippen LogP contribution in [-0.2, 0) is 17.6 Å². The zero-order valence-electron chi connectivity index (χ0n) is 8.83. The molecule has 1 N–H and O–H groups in total. The van der Waals surface area contributed by atoms with Crippen LogP contribution in [0.4, 0.5) is 0 Å². The van der Waals surface area contributed by atoms with Gasteiger partial charge < -0.3 is 9.72 Å². The number of nitrogens with zero attached hydrogens (tertiary/aromatic N) is 1. The fourth-order valence-corrected chi connectivity index (χ4v) is 1.46. The largest absolute Gasteiger partial charge is 0.381 e. The highest BCUT2D eigenvalue weighted by molar-refractivity contribution is 7.71. The molecular formula is C10H16N2OS. The highest BCUT2D eigenvalue weighted by Gasteiger charge is 2.04. The number of methoxy groups -OCH3 is 1. The number of aryl methyl sites for hydroxylation is 1. The van der Waals surface area contributed by atoms with Crippen LogP contribution in [0.2, 0.25) is 0 Å². The standard InChI is InChI=1S/C10H16N2OS/c1-4-8-6-10(14)12-9(11-8)5-7(2)13-3/h6-7H,4-5H2,1-3H3,(H,11,12,14). The summed E-state index contributed by atoms with van der Waals surface area (Å²) in [5, 5.41) is 0. The second-order valence-corrected chi connectivity index (χ2v) is 3.71. The zero-order valence-corrected chi connectivity index (χ0v) is 9.65. The highest BCUT2D eigenvalue weighted by Crippen LogP contribution is 2.03. The first-order chi connectivity index (χ1) is 6.65. The van der Waals surface area contributed by atoms with Crippen molar-refractivity contribution in [3.8, 4) is 0 Å². The Labute approximate surface area is 89.5 Å². The van der Waals surface area contributed by atoms with Gasteiger partial charge >= 0.3 is 0 Å². The van der Waals surface area contributed by atoms with Gasteiger partial charge in [-0.25, -0.2) is 4.98 Å². The van der Waals surface area contributed by atoms with Crippen molar-refractivity contribution >= 4 is 12.2 Å². The van der Waals surface area contributed by atoms with Crippen molar-refractivity contribution in [2.24, 2.45) is 0 Å². The van der Waals surface area contributed by atoms with Crippen molar-refractivity contribution in [2.75, 3.05) is 7.11 Å². The van der Waals surface area contributed by atoms with Crippen LogP contribution in [0.25, 0.3) is 0 Å². The summed E-state index contributed by atoms with van der Waals surface area (Å²) in [6, 6.07) is 1.90. The van der Waals surface area contributed by atoms with Gasteiger partial charge in [-0.2, -0.15) is 0 Å². The Balaban J connectivity index is 2.86. The molecule has 1 atom stereocenters. The maximum Gasteiger partial charge on any atom is 0.129 e. The Morgan fingerprint density at radius 2 is 2.36 bits per heavy atom. The first kappa shape index (κ1) is 11.3. The normalized spacial score (nSPS) is 12.8. The fraction of sp³-hybridized carbons (Fsp3) is 0.600. The van der Waals surface area contributed by atoms with Crippen molar-refractivity contribution in [2.45, 2.75) is 32.8 Å². The van der Waals surface area contributed by atoms with E-state index in [0.29, 0.717) is 4.64 Å². The molecule has 0 fully saturated rings. The molecule has 0 aromatic carbocycles. The van der Waals surface area contributed by atoms with E-state index in [1.165, 1.54) is 0 Å². The summed E-state index contributed by atoms with van der Waals surface area (Å²) in [6.45, 7) is 4.10. The van der Waals surface area contributed by atoms with Crippen LogP contribution in [0.5, 0.6) is 0 Å². The molecule has 78 valence electrons. The summed E-state index contributed by atoms with van der Waals surface area (Å²) in [5.74, 6) is 0.906. The summed E-state index contributed by atoms with van der Waals surface area (Å²) in [4.78, 5) is 7.49. The molecule has 0 saturated heterocycles. The monoisotopic (exact) mass is 212 g/mol. The molecule has 1 heterocycles.